The highest BCUT2D eigenvalue weighted by Gasteiger charge is 2.25. The number of aryl methyl sites for hydroxylation is 3. The molecule has 0 bridgehead atoms. The number of rotatable bonds is 5. The largest absolute Gasteiger partial charge is 0.297 e. The molecule has 5 nitrogen and oxygen atoms in total. The van der Waals surface area contributed by atoms with Crippen LogP contribution in [0.2, 0.25) is 0 Å². The number of amides is 1. The van der Waals surface area contributed by atoms with E-state index >= 15 is 0 Å². The zero-order chi connectivity index (χ0) is 23.8. The molecule has 176 valence electrons. The minimum atomic E-state index is -0.00685. The van der Waals surface area contributed by atoms with E-state index in [2.05, 4.69) is 67.4 Å². The van der Waals surface area contributed by atoms with Crippen LogP contribution in [0.4, 0.5) is 10.8 Å². The molecule has 0 saturated carbocycles. The monoisotopic (exact) mass is 490 g/mol. The first-order chi connectivity index (χ1) is 16.4. The van der Waals surface area contributed by atoms with E-state index in [-0.39, 0.29) is 5.91 Å². The van der Waals surface area contributed by atoms with Crippen molar-refractivity contribution in [3.05, 3.63) is 69.2 Å². The van der Waals surface area contributed by atoms with Crippen LogP contribution >= 0.6 is 22.7 Å². The molecule has 2 aromatic heterocycles. The number of thiazole rings is 2. The second kappa shape index (κ2) is 9.56. The molecule has 1 aliphatic rings. The number of hydrogen-bond donors (Lipinski definition) is 0. The topological polar surface area (TPSA) is 49.3 Å². The minimum absolute atomic E-state index is 0.00685. The van der Waals surface area contributed by atoms with Crippen molar-refractivity contribution in [2.75, 3.05) is 18.0 Å². The summed E-state index contributed by atoms with van der Waals surface area (Å²) < 4.78 is 1.28. The first kappa shape index (κ1) is 23.1. The number of carbonyl (C=O) groups excluding carboxylic acids is 1. The summed E-state index contributed by atoms with van der Waals surface area (Å²) in [5, 5.41) is 4.13. The Labute approximate surface area is 209 Å². The van der Waals surface area contributed by atoms with Gasteiger partial charge in [0, 0.05) is 24.8 Å². The van der Waals surface area contributed by atoms with E-state index in [1.54, 1.807) is 23.2 Å². The molecule has 1 saturated heterocycles. The Kier molecular flexibility index (Phi) is 6.51. The number of benzene rings is 2. The van der Waals surface area contributed by atoms with Gasteiger partial charge in [0.1, 0.15) is 0 Å². The number of anilines is 2. The van der Waals surface area contributed by atoms with Gasteiger partial charge in [-0.15, -0.1) is 22.7 Å². The third-order valence-corrected chi connectivity index (χ3v) is 8.61. The quantitative estimate of drug-likeness (QED) is 0.311. The van der Waals surface area contributed by atoms with Crippen LogP contribution in [0, 0.1) is 20.8 Å². The lowest BCUT2D eigenvalue weighted by Gasteiger charge is -2.30. The van der Waals surface area contributed by atoms with Gasteiger partial charge in [0.25, 0.3) is 0 Å². The Bertz CT molecular complexity index is 1280. The fraction of sp³-hybridized carbons (Fsp3) is 0.370. The lowest BCUT2D eigenvalue weighted by Crippen LogP contribution is -2.32. The molecule has 2 aromatic carbocycles. The van der Waals surface area contributed by atoms with Gasteiger partial charge in [0.2, 0.25) is 5.91 Å². The summed E-state index contributed by atoms with van der Waals surface area (Å²) in [6.45, 7) is 10.7. The fourth-order valence-electron chi connectivity index (χ4n) is 5.02. The van der Waals surface area contributed by atoms with Crippen LogP contribution < -0.4 is 4.90 Å². The first-order valence-electron chi connectivity index (χ1n) is 11.8. The average molecular weight is 491 g/mol. The molecule has 1 amide bonds. The normalized spacial score (nSPS) is 15.2. The highest BCUT2D eigenvalue weighted by atomic mass is 32.1. The van der Waals surface area contributed by atoms with E-state index in [0.29, 0.717) is 5.92 Å². The molecule has 0 aliphatic carbocycles. The second-order valence-electron chi connectivity index (χ2n) is 9.29. The number of likely N-dealkylation sites (tertiary alicyclic amines) is 1. The zero-order valence-corrected chi connectivity index (χ0v) is 21.8. The first-order valence-corrected chi connectivity index (χ1v) is 13.5. The molecule has 34 heavy (non-hydrogen) atoms. The Morgan fingerprint density at radius 2 is 1.79 bits per heavy atom. The molecule has 3 heterocycles. The number of hydrogen-bond acceptors (Lipinski definition) is 6. The molecule has 4 aromatic rings. The van der Waals surface area contributed by atoms with Crippen molar-refractivity contribution in [1.29, 1.82) is 0 Å². The Balaban J connectivity index is 1.27. The van der Waals surface area contributed by atoms with Gasteiger partial charge in [-0.1, -0.05) is 29.8 Å². The summed E-state index contributed by atoms with van der Waals surface area (Å²) in [4.78, 5) is 26.7. The molecular formula is C27H30N4OS2. The van der Waals surface area contributed by atoms with Gasteiger partial charge in [0.15, 0.2) is 5.13 Å². The Morgan fingerprint density at radius 3 is 2.47 bits per heavy atom. The predicted octanol–water partition coefficient (Wildman–Crippen LogP) is 6.74. The number of carbonyl (C=O) groups is 1. The molecule has 1 fully saturated rings. The molecule has 7 heteroatoms. The lowest BCUT2D eigenvalue weighted by molar-refractivity contribution is -0.115. The number of piperidine rings is 1. The van der Waals surface area contributed by atoms with Crippen LogP contribution in [0.15, 0.2) is 41.8 Å². The van der Waals surface area contributed by atoms with Crippen LogP contribution in [0.1, 0.15) is 53.1 Å². The van der Waals surface area contributed by atoms with Gasteiger partial charge in [-0.2, -0.15) is 0 Å². The molecule has 5 rings (SSSR count). The summed E-state index contributed by atoms with van der Waals surface area (Å²) in [5.41, 5.74) is 6.51. The SMILES string of the molecule is CC(=O)N(c1nc(CN2CCC(c3nc4ccccc4s3)CC2)cs1)c1c(C)cc(C)cc1C. The maximum atomic E-state index is 12.6. The molecule has 0 atom stereocenters. The smallest absolute Gasteiger partial charge is 0.230 e. The van der Waals surface area contributed by atoms with Crippen LogP contribution in [0.3, 0.4) is 0 Å². The molecule has 1 aliphatic heterocycles. The zero-order valence-electron chi connectivity index (χ0n) is 20.2. The number of para-hydroxylation sites is 1. The van der Waals surface area contributed by atoms with Gasteiger partial charge >= 0.3 is 0 Å². The van der Waals surface area contributed by atoms with Gasteiger partial charge < -0.3 is 0 Å². The fourth-order valence-corrected chi connectivity index (χ4v) is 7.02. The Morgan fingerprint density at radius 1 is 1.09 bits per heavy atom. The van der Waals surface area contributed by atoms with Crippen molar-refractivity contribution in [2.24, 2.45) is 0 Å². The molecular weight excluding hydrogens is 460 g/mol. The number of fused-ring (bicyclic) bond motifs is 1. The van der Waals surface area contributed by atoms with Crippen molar-refractivity contribution in [2.45, 2.75) is 53.0 Å². The molecule has 0 N–H and O–H groups in total. The molecule has 0 radical (unpaired) electrons. The standard InChI is InChI=1S/C27H30N4OS2/c1-17-13-18(2)25(19(3)14-17)31(20(4)32)27-28-22(16-33-27)15-30-11-9-21(10-12-30)26-29-23-7-5-6-8-24(23)34-26/h5-8,13-14,16,21H,9-12,15H2,1-4H3. The molecule has 0 spiro atoms. The summed E-state index contributed by atoms with van der Waals surface area (Å²) in [7, 11) is 0. The highest BCUT2D eigenvalue weighted by Crippen LogP contribution is 2.36. The van der Waals surface area contributed by atoms with E-state index in [1.807, 2.05) is 11.3 Å². The summed E-state index contributed by atoms with van der Waals surface area (Å²) >= 11 is 3.39. The van der Waals surface area contributed by atoms with E-state index in [4.69, 9.17) is 9.97 Å². The number of nitrogens with zero attached hydrogens (tertiary/aromatic N) is 4. The van der Waals surface area contributed by atoms with Crippen molar-refractivity contribution < 1.29 is 4.79 Å². The van der Waals surface area contributed by atoms with E-state index < -0.39 is 0 Å². The lowest BCUT2D eigenvalue weighted by atomic mass is 9.97. The minimum Gasteiger partial charge on any atom is -0.297 e. The maximum Gasteiger partial charge on any atom is 0.230 e. The third-order valence-electron chi connectivity index (χ3n) is 6.54. The van der Waals surface area contributed by atoms with Crippen molar-refractivity contribution in [3.63, 3.8) is 0 Å². The Hall–Kier alpha value is -2.61. The van der Waals surface area contributed by atoms with E-state index in [9.17, 15) is 4.79 Å². The van der Waals surface area contributed by atoms with Crippen LogP contribution in [-0.4, -0.2) is 33.9 Å². The second-order valence-corrected chi connectivity index (χ2v) is 11.2. The summed E-state index contributed by atoms with van der Waals surface area (Å²) in [5.74, 6) is 0.535. The van der Waals surface area contributed by atoms with Crippen LogP contribution in [0.25, 0.3) is 10.2 Å². The van der Waals surface area contributed by atoms with E-state index in [0.717, 1.165) is 65.6 Å². The average Bonchev–Trinajstić information content (AvgIpc) is 3.43. The van der Waals surface area contributed by atoms with E-state index in [1.165, 1.54) is 15.3 Å². The van der Waals surface area contributed by atoms with Crippen molar-refractivity contribution >= 4 is 49.6 Å². The van der Waals surface area contributed by atoms with Gasteiger partial charge in [-0.25, -0.2) is 9.97 Å². The molecule has 0 unspecified atom stereocenters. The van der Waals surface area contributed by atoms with Gasteiger partial charge in [-0.3, -0.25) is 14.6 Å². The third kappa shape index (κ3) is 4.65. The van der Waals surface area contributed by atoms with Gasteiger partial charge in [0.05, 0.1) is 26.6 Å². The van der Waals surface area contributed by atoms with Crippen molar-refractivity contribution in [1.82, 2.24) is 14.9 Å². The summed E-state index contributed by atoms with van der Waals surface area (Å²) in [6.07, 6.45) is 2.25. The number of aromatic nitrogens is 2. The summed E-state index contributed by atoms with van der Waals surface area (Å²) in [6, 6.07) is 12.7. The van der Waals surface area contributed by atoms with Gasteiger partial charge in [-0.05, 0) is 70.0 Å². The predicted molar refractivity (Wildman–Crippen MR) is 142 cm³/mol. The van der Waals surface area contributed by atoms with Crippen molar-refractivity contribution in [3.8, 4) is 0 Å². The maximum absolute atomic E-state index is 12.6. The van der Waals surface area contributed by atoms with Crippen LogP contribution in [-0.2, 0) is 11.3 Å². The highest BCUT2D eigenvalue weighted by molar-refractivity contribution is 7.18. The van der Waals surface area contributed by atoms with Crippen LogP contribution in [0.5, 0.6) is 0 Å².